The molecule has 0 unspecified atom stereocenters. The second-order valence-corrected chi connectivity index (χ2v) is 9.84. The topological polar surface area (TPSA) is 365 Å². The number of guanidine groups is 3. The fourth-order valence-electron chi connectivity index (χ4n) is 3.91. The molecule has 20 heteroatoms. The van der Waals surface area contributed by atoms with Gasteiger partial charge in [0.1, 0.15) is 18.1 Å². The van der Waals surface area contributed by atoms with Crippen LogP contribution in [0.5, 0.6) is 0 Å². The Bertz CT molecular complexity index is 1110. The monoisotopic (exact) mass is 623 g/mol. The summed E-state index contributed by atoms with van der Waals surface area (Å²) in [6.07, 6.45) is 4.12. The highest BCUT2D eigenvalue weighted by Gasteiger charge is 2.30. The van der Waals surface area contributed by atoms with Gasteiger partial charge in [0.2, 0.25) is 17.7 Å². The third kappa shape index (κ3) is 15.7. The van der Waals surface area contributed by atoms with Crippen molar-refractivity contribution < 1.29 is 24.3 Å². The van der Waals surface area contributed by atoms with Crippen LogP contribution >= 0.6 is 0 Å². The molecule has 1 rings (SSSR count). The Labute approximate surface area is 254 Å². The van der Waals surface area contributed by atoms with E-state index in [4.69, 9.17) is 39.2 Å². The molecular formula is C24H45N15O5. The predicted octanol–water partition coefficient (Wildman–Crippen LogP) is -4.39. The maximum Gasteiger partial charge on any atom is 0.326 e. The molecule has 0 aliphatic rings. The van der Waals surface area contributed by atoms with Crippen LogP contribution in [0.4, 0.5) is 0 Å². The Kier molecular flexibility index (Phi) is 16.7. The van der Waals surface area contributed by atoms with Crippen LogP contribution in [0.3, 0.4) is 0 Å². The zero-order valence-corrected chi connectivity index (χ0v) is 24.4. The average Bonchev–Trinajstić information content (AvgIpc) is 3.46. The quantitative estimate of drug-likeness (QED) is 0.0350. The lowest BCUT2D eigenvalue weighted by Gasteiger charge is -2.25. The lowest BCUT2D eigenvalue weighted by molar-refractivity contribution is -0.142. The first-order valence-corrected chi connectivity index (χ1v) is 13.9. The van der Waals surface area contributed by atoms with Crippen molar-refractivity contribution in [3.63, 3.8) is 0 Å². The van der Waals surface area contributed by atoms with E-state index in [1.54, 1.807) is 0 Å². The minimum absolute atomic E-state index is 0.0435. The number of carbonyl (C=O) groups is 4. The van der Waals surface area contributed by atoms with E-state index in [1.165, 1.54) is 12.5 Å². The fraction of sp³-hybridized carbons (Fsp3) is 0.583. The molecule has 0 bridgehead atoms. The Morgan fingerprint density at radius 3 is 1.59 bits per heavy atom. The van der Waals surface area contributed by atoms with Crippen molar-refractivity contribution in [3.8, 4) is 0 Å². The SMILES string of the molecule is N=C(N)NCCC[C@H](NC(=O)[C@H](CCCNC(=N)N)NC(=O)[C@@H](N)CCCNC(=N)N)C(=O)N[C@@H](Cc1c[nH]cn1)C(=O)O. The third-order valence-electron chi connectivity index (χ3n) is 6.16. The van der Waals surface area contributed by atoms with E-state index in [9.17, 15) is 24.3 Å². The first kappa shape index (κ1) is 36.9. The van der Waals surface area contributed by atoms with Crippen molar-refractivity contribution in [1.29, 1.82) is 16.2 Å². The van der Waals surface area contributed by atoms with E-state index in [0.29, 0.717) is 25.1 Å². The van der Waals surface area contributed by atoms with Gasteiger partial charge in [-0.3, -0.25) is 30.6 Å². The number of H-pyrrole nitrogens is 1. The van der Waals surface area contributed by atoms with Gasteiger partial charge in [-0.2, -0.15) is 0 Å². The molecule has 246 valence electrons. The number of nitrogens with two attached hydrogens (primary N) is 4. The number of nitrogens with one attached hydrogen (secondary N) is 10. The molecule has 0 fully saturated rings. The minimum Gasteiger partial charge on any atom is -0.480 e. The molecule has 4 atom stereocenters. The van der Waals surface area contributed by atoms with Gasteiger partial charge >= 0.3 is 5.97 Å². The van der Waals surface area contributed by atoms with E-state index >= 15 is 0 Å². The second-order valence-electron chi connectivity index (χ2n) is 9.84. The van der Waals surface area contributed by atoms with Gasteiger partial charge in [-0.05, 0) is 38.5 Å². The van der Waals surface area contributed by atoms with Crippen molar-refractivity contribution in [2.45, 2.75) is 69.1 Å². The third-order valence-corrected chi connectivity index (χ3v) is 6.16. The summed E-state index contributed by atoms with van der Waals surface area (Å²) in [6, 6.07) is -4.67. The molecule has 0 aliphatic carbocycles. The van der Waals surface area contributed by atoms with E-state index < -0.39 is 47.9 Å². The number of hydrogen-bond acceptors (Lipinski definition) is 9. The second kappa shape index (κ2) is 19.9. The van der Waals surface area contributed by atoms with Crippen molar-refractivity contribution in [3.05, 3.63) is 18.2 Å². The number of rotatable bonds is 21. The summed E-state index contributed by atoms with van der Waals surface area (Å²) >= 11 is 0. The highest BCUT2D eigenvalue weighted by atomic mass is 16.4. The van der Waals surface area contributed by atoms with E-state index in [2.05, 4.69) is 41.9 Å². The van der Waals surface area contributed by atoms with E-state index in [-0.39, 0.29) is 63.1 Å². The number of carboxylic acids is 1. The zero-order chi connectivity index (χ0) is 33.1. The Morgan fingerprint density at radius 1 is 0.750 bits per heavy atom. The molecule has 20 nitrogen and oxygen atoms in total. The van der Waals surface area contributed by atoms with Gasteiger partial charge in [0.05, 0.1) is 18.1 Å². The van der Waals surface area contributed by atoms with Crippen LogP contribution in [0.25, 0.3) is 0 Å². The minimum atomic E-state index is -1.34. The summed E-state index contributed by atoms with van der Waals surface area (Å²) in [5.41, 5.74) is 22.3. The summed E-state index contributed by atoms with van der Waals surface area (Å²) in [4.78, 5) is 58.0. The molecule has 44 heavy (non-hydrogen) atoms. The number of carboxylic acid groups (broad SMARTS) is 1. The number of aromatic nitrogens is 2. The van der Waals surface area contributed by atoms with Gasteiger partial charge in [0.25, 0.3) is 0 Å². The molecule has 1 aromatic rings. The number of aliphatic carboxylic acids is 1. The lowest BCUT2D eigenvalue weighted by atomic mass is 10.0. The standard InChI is InChI=1S/C24H45N15O5/c25-14(4-1-7-33-22(26)27)18(40)37-15(5-2-8-34-23(28)29)19(41)38-16(6-3-9-35-24(30)31)20(42)39-17(21(43)44)10-13-11-32-12-36-13/h11-12,14-17H,1-10,25H2,(H,32,36)(H,37,40)(H,38,41)(H,39,42)(H,43,44)(H4,26,27,33)(H4,28,29,34)(H4,30,31,35)/t14-,15-,16-,17-/m0/s1. The van der Waals surface area contributed by atoms with Crippen LogP contribution in [-0.4, -0.2) is 100 Å². The highest BCUT2D eigenvalue weighted by Crippen LogP contribution is 2.06. The van der Waals surface area contributed by atoms with Crippen molar-refractivity contribution in [1.82, 2.24) is 41.9 Å². The maximum atomic E-state index is 13.4. The van der Waals surface area contributed by atoms with Gasteiger partial charge in [0.15, 0.2) is 17.9 Å². The van der Waals surface area contributed by atoms with Crippen LogP contribution in [0, 0.1) is 16.2 Å². The smallest absolute Gasteiger partial charge is 0.326 e. The van der Waals surface area contributed by atoms with Crippen LogP contribution in [0.2, 0.25) is 0 Å². The molecule has 0 saturated carbocycles. The summed E-state index contributed by atoms with van der Waals surface area (Å²) in [5.74, 6) is -4.19. The van der Waals surface area contributed by atoms with Crippen LogP contribution in [0.15, 0.2) is 12.5 Å². The number of hydrogen-bond donors (Lipinski definition) is 15. The highest BCUT2D eigenvalue weighted by molar-refractivity contribution is 5.94. The Balaban J connectivity index is 3.03. The van der Waals surface area contributed by atoms with Crippen LogP contribution in [-0.2, 0) is 25.6 Å². The molecule has 1 aromatic heterocycles. The summed E-state index contributed by atoms with van der Waals surface area (Å²) < 4.78 is 0. The van der Waals surface area contributed by atoms with Crippen molar-refractivity contribution in [2.24, 2.45) is 22.9 Å². The van der Waals surface area contributed by atoms with E-state index in [0.717, 1.165) is 0 Å². The fourth-order valence-corrected chi connectivity index (χ4v) is 3.91. The average molecular weight is 624 g/mol. The van der Waals surface area contributed by atoms with Crippen molar-refractivity contribution >= 4 is 41.6 Å². The van der Waals surface area contributed by atoms with Crippen LogP contribution < -0.4 is 54.8 Å². The Hall–Kier alpha value is -5.14. The summed E-state index contributed by atoms with van der Waals surface area (Å²) in [6.45, 7) is 0.754. The first-order valence-electron chi connectivity index (χ1n) is 13.9. The van der Waals surface area contributed by atoms with Gasteiger partial charge in [0, 0.05) is 32.3 Å². The van der Waals surface area contributed by atoms with Crippen LogP contribution in [0.1, 0.15) is 44.2 Å². The molecule has 19 N–H and O–H groups in total. The summed E-state index contributed by atoms with van der Waals surface area (Å²) in [7, 11) is 0. The number of imidazole rings is 1. The van der Waals surface area contributed by atoms with Gasteiger partial charge in [-0.25, -0.2) is 9.78 Å². The molecule has 0 radical (unpaired) electrons. The molecule has 3 amide bonds. The van der Waals surface area contributed by atoms with Gasteiger partial charge < -0.3 is 64.9 Å². The zero-order valence-electron chi connectivity index (χ0n) is 24.4. The first-order chi connectivity index (χ1) is 20.8. The number of amides is 3. The molecule has 0 spiro atoms. The maximum absolute atomic E-state index is 13.4. The predicted molar refractivity (Wildman–Crippen MR) is 161 cm³/mol. The molecule has 1 heterocycles. The van der Waals surface area contributed by atoms with Gasteiger partial charge in [-0.1, -0.05) is 0 Å². The van der Waals surface area contributed by atoms with Gasteiger partial charge in [-0.15, -0.1) is 0 Å². The number of aromatic amines is 1. The molecule has 0 aliphatic heterocycles. The number of nitrogens with zero attached hydrogens (tertiary/aromatic N) is 1. The van der Waals surface area contributed by atoms with Crippen molar-refractivity contribution in [2.75, 3.05) is 19.6 Å². The van der Waals surface area contributed by atoms with E-state index in [1.807, 2.05) is 0 Å². The molecule has 0 aromatic carbocycles. The number of carbonyl (C=O) groups excluding carboxylic acids is 3. The lowest BCUT2D eigenvalue weighted by Crippen LogP contribution is -2.57. The molecule has 0 saturated heterocycles. The summed E-state index contributed by atoms with van der Waals surface area (Å²) in [5, 5.41) is 46.9. The molecular weight excluding hydrogens is 578 g/mol. The Morgan fingerprint density at radius 2 is 1.18 bits per heavy atom. The normalized spacial score (nSPS) is 13.3. The largest absolute Gasteiger partial charge is 0.480 e.